The molecule has 3 aliphatic heterocycles. The van der Waals surface area contributed by atoms with Gasteiger partial charge in [0.05, 0.1) is 40.7 Å². The third-order valence-corrected chi connectivity index (χ3v) is 6.20. The Balaban J connectivity index is 1.54. The smallest absolute Gasteiger partial charge is 0.275 e. The molecule has 0 unspecified atom stereocenters. The molecule has 2 aromatic carbocycles. The number of amides is 2. The van der Waals surface area contributed by atoms with Crippen LogP contribution >= 0.6 is 0 Å². The van der Waals surface area contributed by atoms with Crippen LogP contribution in [0.2, 0.25) is 0 Å². The van der Waals surface area contributed by atoms with Crippen LogP contribution in [0.4, 0.5) is 11.4 Å². The number of hydrogen-bond donors (Lipinski definition) is 0. The Bertz CT molecular complexity index is 1070. The molecule has 0 aliphatic carbocycles. The predicted molar refractivity (Wildman–Crippen MR) is 106 cm³/mol. The van der Waals surface area contributed by atoms with E-state index in [4.69, 9.17) is 9.47 Å². The fourth-order valence-electron chi connectivity index (χ4n) is 4.77. The number of benzene rings is 2. The van der Waals surface area contributed by atoms with Crippen LogP contribution in [-0.4, -0.2) is 28.9 Å². The Morgan fingerprint density at radius 1 is 1.03 bits per heavy atom. The summed E-state index contributed by atoms with van der Waals surface area (Å²) in [5.74, 6) is -0.947. The molecule has 3 aliphatic rings. The van der Waals surface area contributed by atoms with Crippen molar-refractivity contribution in [2.45, 2.75) is 38.9 Å². The zero-order chi connectivity index (χ0) is 21.2. The molecule has 8 heteroatoms. The molecule has 2 aromatic rings. The number of carbonyl (C=O) groups is 2. The number of nitro groups is 1. The van der Waals surface area contributed by atoms with E-state index in [1.807, 2.05) is 32.0 Å². The molecule has 2 bridgehead atoms. The van der Waals surface area contributed by atoms with E-state index in [2.05, 4.69) is 0 Å². The maximum Gasteiger partial charge on any atom is 0.275 e. The molecule has 0 spiro atoms. The molecular weight excluding hydrogens is 388 g/mol. The van der Waals surface area contributed by atoms with Crippen LogP contribution in [0, 0.1) is 35.8 Å². The predicted octanol–water partition coefficient (Wildman–Crippen LogP) is 3.67. The lowest BCUT2D eigenvalue weighted by molar-refractivity contribution is -0.384. The Hall–Kier alpha value is -3.26. The maximum absolute atomic E-state index is 13.1. The molecule has 3 saturated heterocycles. The zero-order valence-corrected chi connectivity index (χ0v) is 16.5. The summed E-state index contributed by atoms with van der Waals surface area (Å²) in [5, 5.41) is 11.5. The van der Waals surface area contributed by atoms with Crippen LogP contribution in [0.3, 0.4) is 0 Å². The number of ether oxygens (including phenoxy) is 2. The van der Waals surface area contributed by atoms with Crippen molar-refractivity contribution < 1.29 is 24.0 Å². The number of aryl methyl sites for hydroxylation is 2. The summed E-state index contributed by atoms with van der Waals surface area (Å²) in [6.45, 7) is 3.79. The van der Waals surface area contributed by atoms with E-state index in [-0.39, 0.29) is 41.1 Å². The van der Waals surface area contributed by atoms with Crippen molar-refractivity contribution in [1.29, 1.82) is 0 Å². The summed E-state index contributed by atoms with van der Waals surface area (Å²) >= 11 is 0. The van der Waals surface area contributed by atoms with Crippen LogP contribution in [-0.2, 0) is 14.3 Å². The quantitative estimate of drug-likeness (QED) is 0.435. The van der Waals surface area contributed by atoms with Crippen molar-refractivity contribution in [3.63, 3.8) is 0 Å². The monoisotopic (exact) mass is 408 g/mol. The summed E-state index contributed by atoms with van der Waals surface area (Å²) in [6.07, 6.45) is 1.03. The number of non-ortho nitro benzene ring substituents is 1. The molecule has 5 rings (SSSR count). The van der Waals surface area contributed by atoms with E-state index in [0.717, 1.165) is 28.9 Å². The minimum absolute atomic E-state index is 0.160. The highest BCUT2D eigenvalue weighted by atomic mass is 16.6. The standard InChI is InChI=1S/C22H20N2O6/c1-11-3-4-12(2)18(7-11)29-15-9-13(8-14(10-15)24(27)28)23-21(25)19-16-5-6-17(30-16)20(19)22(23)26/h3-4,7-10,16-17,19-20H,5-6H2,1-2H3/t16-,17-,19+,20+/m1/s1. The molecule has 0 radical (unpaired) electrons. The van der Waals surface area contributed by atoms with Crippen LogP contribution in [0.5, 0.6) is 11.5 Å². The van der Waals surface area contributed by atoms with E-state index in [1.165, 1.54) is 18.2 Å². The van der Waals surface area contributed by atoms with Gasteiger partial charge in [-0.2, -0.15) is 0 Å². The molecule has 0 N–H and O–H groups in total. The van der Waals surface area contributed by atoms with Gasteiger partial charge in [0.1, 0.15) is 11.5 Å². The second kappa shape index (κ2) is 6.63. The van der Waals surface area contributed by atoms with Gasteiger partial charge in [-0.15, -0.1) is 0 Å². The lowest BCUT2D eigenvalue weighted by Gasteiger charge is -2.18. The van der Waals surface area contributed by atoms with Crippen molar-refractivity contribution in [3.05, 3.63) is 57.6 Å². The van der Waals surface area contributed by atoms with Gasteiger partial charge in [-0.3, -0.25) is 19.7 Å². The van der Waals surface area contributed by atoms with Gasteiger partial charge in [0, 0.05) is 12.1 Å². The van der Waals surface area contributed by atoms with Gasteiger partial charge in [-0.1, -0.05) is 12.1 Å². The molecule has 154 valence electrons. The van der Waals surface area contributed by atoms with Crippen molar-refractivity contribution in [2.75, 3.05) is 4.90 Å². The molecule has 0 aromatic heterocycles. The van der Waals surface area contributed by atoms with Crippen LogP contribution < -0.4 is 9.64 Å². The SMILES string of the molecule is Cc1ccc(C)c(Oc2cc(N3C(=O)[C@@H]4[C@@H](C3=O)[C@H]3CC[C@H]4O3)cc([N+](=O)[O-])c2)c1. The van der Waals surface area contributed by atoms with Crippen LogP contribution in [0.15, 0.2) is 36.4 Å². The van der Waals surface area contributed by atoms with Gasteiger partial charge in [-0.05, 0) is 43.9 Å². The number of nitro benzene ring substituents is 1. The highest BCUT2D eigenvalue weighted by Gasteiger charge is 2.62. The maximum atomic E-state index is 13.1. The Morgan fingerprint density at radius 2 is 1.70 bits per heavy atom. The molecule has 8 nitrogen and oxygen atoms in total. The van der Waals surface area contributed by atoms with Crippen LogP contribution in [0.1, 0.15) is 24.0 Å². The van der Waals surface area contributed by atoms with E-state index >= 15 is 0 Å². The van der Waals surface area contributed by atoms with Gasteiger partial charge in [0.25, 0.3) is 5.69 Å². The molecule has 4 atom stereocenters. The van der Waals surface area contributed by atoms with Gasteiger partial charge >= 0.3 is 0 Å². The summed E-state index contributed by atoms with van der Waals surface area (Å²) in [5.41, 5.74) is 1.76. The van der Waals surface area contributed by atoms with Gasteiger partial charge in [-0.25, -0.2) is 4.90 Å². The first-order valence-corrected chi connectivity index (χ1v) is 9.91. The van der Waals surface area contributed by atoms with E-state index < -0.39 is 16.8 Å². The fraction of sp³-hybridized carbons (Fsp3) is 0.364. The summed E-state index contributed by atoms with van der Waals surface area (Å²) in [7, 11) is 0. The number of imide groups is 1. The first kappa shape index (κ1) is 18.7. The normalized spacial score (nSPS) is 26.9. The minimum atomic E-state index is -0.557. The Morgan fingerprint density at radius 3 is 2.33 bits per heavy atom. The topological polar surface area (TPSA) is 99.0 Å². The number of hydrogen-bond acceptors (Lipinski definition) is 6. The largest absolute Gasteiger partial charge is 0.457 e. The lowest BCUT2D eigenvalue weighted by Crippen LogP contribution is -2.34. The first-order valence-electron chi connectivity index (χ1n) is 9.91. The van der Waals surface area contributed by atoms with Crippen molar-refractivity contribution in [2.24, 2.45) is 11.8 Å². The second-order valence-electron chi connectivity index (χ2n) is 8.17. The van der Waals surface area contributed by atoms with Crippen LogP contribution in [0.25, 0.3) is 0 Å². The molecule has 2 amide bonds. The third-order valence-electron chi connectivity index (χ3n) is 6.20. The molecule has 3 fully saturated rings. The minimum Gasteiger partial charge on any atom is -0.457 e. The van der Waals surface area contributed by atoms with Crippen molar-refractivity contribution >= 4 is 23.2 Å². The Labute approximate surface area is 172 Å². The fourth-order valence-corrected chi connectivity index (χ4v) is 4.77. The summed E-state index contributed by atoms with van der Waals surface area (Å²) < 4.78 is 11.7. The average Bonchev–Trinajstić information content (AvgIpc) is 3.38. The van der Waals surface area contributed by atoms with E-state index in [9.17, 15) is 19.7 Å². The van der Waals surface area contributed by atoms with Crippen molar-refractivity contribution in [3.8, 4) is 11.5 Å². The van der Waals surface area contributed by atoms with Gasteiger partial charge in [0.2, 0.25) is 11.8 Å². The average molecular weight is 408 g/mol. The number of fused-ring (bicyclic) bond motifs is 5. The summed E-state index contributed by atoms with van der Waals surface area (Å²) in [6, 6.07) is 9.72. The molecular formula is C22H20N2O6. The highest BCUT2D eigenvalue weighted by molar-refractivity contribution is 6.23. The summed E-state index contributed by atoms with van der Waals surface area (Å²) in [4.78, 5) is 38.1. The highest BCUT2D eigenvalue weighted by Crippen LogP contribution is 2.50. The third kappa shape index (κ3) is 2.79. The lowest BCUT2D eigenvalue weighted by atomic mass is 9.81. The first-order chi connectivity index (χ1) is 14.3. The van der Waals surface area contributed by atoms with E-state index in [0.29, 0.717) is 5.75 Å². The number of rotatable bonds is 4. The zero-order valence-electron chi connectivity index (χ0n) is 16.5. The molecule has 3 heterocycles. The molecule has 0 saturated carbocycles. The second-order valence-corrected chi connectivity index (χ2v) is 8.17. The van der Waals surface area contributed by atoms with E-state index in [1.54, 1.807) is 0 Å². The van der Waals surface area contributed by atoms with Crippen molar-refractivity contribution in [1.82, 2.24) is 0 Å². The van der Waals surface area contributed by atoms with Gasteiger partial charge in [0.15, 0.2) is 0 Å². The molecule has 30 heavy (non-hydrogen) atoms. The number of nitrogens with zero attached hydrogens (tertiary/aromatic N) is 2. The number of anilines is 1. The number of carbonyl (C=O) groups excluding carboxylic acids is 2. The van der Waals surface area contributed by atoms with Gasteiger partial charge < -0.3 is 9.47 Å². The Kier molecular flexibility index (Phi) is 4.14.